The molecule has 1 aliphatic heterocycles. The largest absolute Gasteiger partial charge is 0.354 e. The molecule has 9 nitrogen and oxygen atoms in total. The highest BCUT2D eigenvalue weighted by Gasteiger charge is 2.29. The average Bonchev–Trinajstić information content (AvgIpc) is 3.27. The van der Waals surface area contributed by atoms with E-state index in [-0.39, 0.29) is 36.3 Å². The maximum atomic E-state index is 12.8. The molecule has 1 fully saturated rings. The molecular weight excluding hydrogens is 466 g/mol. The van der Waals surface area contributed by atoms with Gasteiger partial charge >= 0.3 is 0 Å². The van der Waals surface area contributed by atoms with E-state index < -0.39 is 10.0 Å². The number of amides is 2. The van der Waals surface area contributed by atoms with Crippen LogP contribution < -0.4 is 10.6 Å². The maximum absolute atomic E-state index is 12.8. The molecule has 0 unspecified atom stereocenters. The molecule has 186 valence electrons. The number of rotatable bonds is 9. The van der Waals surface area contributed by atoms with Crippen molar-refractivity contribution < 1.29 is 18.0 Å². The standard InChI is InChI=1S/C25H31N5O4S/c1-3-28(4-2)15-16-29-13-11-20-17-21(7-10-23(20)29)27-25(32)19-5-8-22(9-6-19)35(33,34)30-14-12-26-24(31)18-30/h5-11,13,17H,3-4,12,14-16,18H2,1-2H3,(H,26,31)(H,27,32). The summed E-state index contributed by atoms with van der Waals surface area (Å²) in [4.78, 5) is 26.8. The number of anilines is 1. The number of sulfonamides is 1. The minimum Gasteiger partial charge on any atom is -0.354 e. The second-order valence-electron chi connectivity index (χ2n) is 8.48. The molecule has 0 atom stereocenters. The summed E-state index contributed by atoms with van der Waals surface area (Å²) in [5, 5.41) is 6.53. The molecular formula is C25H31N5O4S. The van der Waals surface area contributed by atoms with Gasteiger partial charge in [0.2, 0.25) is 15.9 Å². The Morgan fingerprint density at radius 3 is 2.51 bits per heavy atom. The molecule has 10 heteroatoms. The summed E-state index contributed by atoms with van der Waals surface area (Å²) >= 11 is 0. The first-order valence-corrected chi connectivity index (χ1v) is 13.3. The first-order valence-electron chi connectivity index (χ1n) is 11.8. The van der Waals surface area contributed by atoms with Crippen LogP contribution in [-0.2, 0) is 21.4 Å². The second kappa shape index (κ2) is 10.6. The van der Waals surface area contributed by atoms with Crippen molar-refractivity contribution in [3.63, 3.8) is 0 Å². The van der Waals surface area contributed by atoms with Crippen molar-refractivity contribution in [3.8, 4) is 0 Å². The molecule has 2 amide bonds. The minimum atomic E-state index is -3.80. The number of nitrogens with zero attached hydrogens (tertiary/aromatic N) is 3. The third-order valence-corrected chi connectivity index (χ3v) is 8.20. The molecule has 4 rings (SSSR count). The Bertz CT molecular complexity index is 1310. The Morgan fingerprint density at radius 2 is 1.83 bits per heavy atom. The van der Waals surface area contributed by atoms with Crippen molar-refractivity contribution in [2.45, 2.75) is 25.3 Å². The van der Waals surface area contributed by atoms with Gasteiger partial charge in [0.25, 0.3) is 5.91 Å². The molecule has 1 aliphatic rings. The maximum Gasteiger partial charge on any atom is 0.255 e. The summed E-state index contributed by atoms with van der Waals surface area (Å²) in [5.74, 6) is -0.654. The number of piperazine rings is 1. The highest BCUT2D eigenvalue weighted by atomic mass is 32.2. The van der Waals surface area contributed by atoms with Gasteiger partial charge in [-0.25, -0.2) is 8.42 Å². The minimum absolute atomic E-state index is 0.0521. The van der Waals surface area contributed by atoms with Gasteiger partial charge in [-0.15, -0.1) is 0 Å². The Balaban J connectivity index is 1.43. The van der Waals surface area contributed by atoms with Gasteiger partial charge < -0.3 is 20.1 Å². The highest BCUT2D eigenvalue weighted by Crippen LogP contribution is 2.22. The molecule has 0 saturated carbocycles. The average molecular weight is 498 g/mol. The van der Waals surface area contributed by atoms with Gasteiger partial charge in [0, 0.05) is 54.5 Å². The fourth-order valence-electron chi connectivity index (χ4n) is 4.21. The molecule has 0 radical (unpaired) electrons. The van der Waals surface area contributed by atoms with Crippen molar-refractivity contribution in [1.82, 2.24) is 19.1 Å². The van der Waals surface area contributed by atoms with Gasteiger partial charge in [-0.2, -0.15) is 4.31 Å². The SMILES string of the molecule is CCN(CC)CCn1ccc2cc(NC(=O)c3ccc(S(=O)(=O)N4CCNC(=O)C4)cc3)ccc21. The van der Waals surface area contributed by atoms with Gasteiger partial charge in [0.1, 0.15) is 0 Å². The summed E-state index contributed by atoms with van der Waals surface area (Å²) in [6.07, 6.45) is 2.06. The lowest BCUT2D eigenvalue weighted by Gasteiger charge is -2.25. The van der Waals surface area contributed by atoms with Crippen LogP contribution in [0.3, 0.4) is 0 Å². The number of carbonyl (C=O) groups is 2. The Hall–Kier alpha value is -3.21. The van der Waals surface area contributed by atoms with Crippen LogP contribution in [0.25, 0.3) is 10.9 Å². The molecule has 1 saturated heterocycles. The number of hydrogen-bond acceptors (Lipinski definition) is 5. The molecule has 3 aromatic rings. The van der Waals surface area contributed by atoms with E-state index in [9.17, 15) is 18.0 Å². The van der Waals surface area contributed by atoms with Crippen LogP contribution in [0.15, 0.2) is 59.6 Å². The normalized spacial score (nSPS) is 14.9. The molecule has 35 heavy (non-hydrogen) atoms. The number of aromatic nitrogens is 1. The van der Waals surface area contributed by atoms with Crippen molar-refractivity contribution in [3.05, 3.63) is 60.3 Å². The summed E-state index contributed by atoms with van der Waals surface area (Å²) < 4.78 is 28.9. The zero-order valence-corrected chi connectivity index (χ0v) is 20.8. The first-order chi connectivity index (χ1) is 16.8. The number of hydrogen-bond donors (Lipinski definition) is 2. The molecule has 0 spiro atoms. The third kappa shape index (κ3) is 5.55. The van der Waals surface area contributed by atoms with Gasteiger partial charge in [0.15, 0.2) is 0 Å². The van der Waals surface area contributed by atoms with E-state index >= 15 is 0 Å². The van der Waals surface area contributed by atoms with Gasteiger partial charge in [-0.3, -0.25) is 9.59 Å². The van der Waals surface area contributed by atoms with Crippen LogP contribution >= 0.6 is 0 Å². The van der Waals surface area contributed by atoms with E-state index in [0.29, 0.717) is 11.3 Å². The number of carbonyl (C=O) groups excluding carboxylic acids is 2. The lowest BCUT2D eigenvalue weighted by atomic mass is 10.2. The smallest absolute Gasteiger partial charge is 0.255 e. The van der Waals surface area contributed by atoms with Crippen LogP contribution in [0.2, 0.25) is 0 Å². The molecule has 0 aliphatic carbocycles. The van der Waals surface area contributed by atoms with E-state index in [1.54, 1.807) is 0 Å². The number of nitrogens with one attached hydrogen (secondary N) is 2. The molecule has 2 heterocycles. The highest BCUT2D eigenvalue weighted by molar-refractivity contribution is 7.89. The van der Waals surface area contributed by atoms with Crippen molar-refractivity contribution in [1.29, 1.82) is 0 Å². The van der Waals surface area contributed by atoms with E-state index in [4.69, 9.17) is 0 Å². The van der Waals surface area contributed by atoms with Crippen LogP contribution in [0.4, 0.5) is 5.69 Å². The topological polar surface area (TPSA) is 104 Å². The van der Waals surface area contributed by atoms with Crippen LogP contribution in [0.1, 0.15) is 24.2 Å². The Morgan fingerprint density at radius 1 is 1.09 bits per heavy atom. The van der Waals surface area contributed by atoms with Gasteiger partial charge in [-0.1, -0.05) is 13.8 Å². The summed E-state index contributed by atoms with van der Waals surface area (Å²) in [7, 11) is -3.80. The van der Waals surface area contributed by atoms with E-state index in [2.05, 4.69) is 40.1 Å². The quantitative estimate of drug-likeness (QED) is 0.472. The van der Waals surface area contributed by atoms with Gasteiger partial charge in [0.05, 0.1) is 11.4 Å². The number of likely N-dealkylation sites (N-methyl/N-ethyl adjacent to an activating group) is 1. The van der Waals surface area contributed by atoms with E-state index in [0.717, 1.165) is 41.4 Å². The summed E-state index contributed by atoms with van der Waals surface area (Å²) in [5.41, 5.74) is 2.12. The second-order valence-corrected chi connectivity index (χ2v) is 10.4. The van der Waals surface area contributed by atoms with Crippen molar-refractivity contribution in [2.75, 3.05) is 44.6 Å². The van der Waals surface area contributed by atoms with Crippen LogP contribution in [0.5, 0.6) is 0 Å². The van der Waals surface area contributed by atoms with Crippen molar-refractivity contribution >= 4 is 38.4 Å². The fourth-order valence-corrected chi connectivity index (χ4v) is 5.61. The van der Waals surface area contributed by atoms with Crippen LogP contribution in [-0.4, -0.2) is 73.3 Å². The first kappa shape index (κ1) is 24.9. The lowest BCUT2D eigenvalue weighted by molar-refractivity contribution is -0.122. The Kier molecular flexibility index (Phi) is 7.54. The zero-order valence-electron chi connectivity index (χ0n) is 20.0. The molecule has 1 aromatic heterocycles. The monoisotopic (exact) mass is 497 g/mol. The third-order valence-electron chi connectivity index (χ3n) is 6.34. The molecule has 2 aromatic carbocycles. The molecule has 0 bridgehead atoms. The Labute approximate surface area is 205 Å². The fraction of sp³-hybridized carbons (Fsp3) is 0.360. The zero-order chi connectivity index (χ0) is 25.0. The predicted molar refractivity (Wildman–Crippen MR) is 136 cm³/mol. The number of fused-ring (bicyclic) bond motifs is 1. The van der Waals surface area contributed by atoms with Gasteiger partial charge in [-0.05, 0) is 61.6 Å². The molecule has 2 N–H and O–H groups in total. The van der Waals surface area contributed by atoms with Crippen LogP contribution in [0, 0.1) is 0 Å². The van der Waals surface area contributed by atoms with E-state index in [1.165, 1.54) is 24.3 Å². The predicted octanol–water partition coefficient (Wildman–Crippen LogP) is 2.36. The van der Waals surface area contributed by atoms with Crippen molar-refractivity contribution in [2.24, 2.45) is 0 Å². The van der Waals surface area contributed by atoms with E-state index in [1.807, 2.05) is 24.3 Å². The summed E-state index contributed by atoms with van der Waals surface area (Å²) in [6, 6.07) is 13.6. The lowest BCUT2D eigenvalue weighted by Crippen LogP contribution is -2.49. The number of benzene rings is 2. The summed E-state index contributed by atoms with van der Waals surface area (Å²) in [6.45, 7) is 8.53.